The van der Waals surface area contributed by atoms with Gasteiger partial charge in [-0.3, -0.25) is 0 Å². The lowest BCUT2D eigenvalue weighted by Crippen LogP contribution is -2.35. The molecule has 0 bridgehead atoms. The maximum absolute atomic E-state index is 13.1. The van der Waals surface area contributed by atoms with E-state index < -0.39 is 0 Å². The smallest absolute Gasteiger partial charge is 0.123 e. The number of halogens is 3. The summed E-state index contributed by atoms with van der Waals surface area (Å²) in [5, 5.41) is 4.39. The number of hydrogen-bond donors (Lipinski definition) is 1. The van der Waals surface area contributed by atoms with Gasteiger partial charge in [0.05, 0.1) is 10.0 Å². The Morgan fingerprint density at radius 2 is 1.62 bits per heavy atom. The third kappa shape index (κ3) is 3.39. The molecule has 0 fully saturated rings. The number of likely N-dealkylation sites (N-methyl/N-ethyl adjacent to an activating group) is 1. The lowest BCUT2D eigenvalue weighted by molar-refractivity contribution is 0.368. The molecular weight excluding hydrogens is 308 g/mol. The van der Waals surface area contributed by atoms with Crippen LogP contribution in [0.15, 0.2) is 42.5 Å². The van der Waals surface area contributed by atoms with Gasteiger partial charge in [-0.15, -0.1) is 0 Å². The molecule has 0 heterocycles. The lowest BCUT2D eigenvalue weighted by Gasteiger charge is -2.35. The maximum atomic E-state index is 13.1. The molecule has 21 heavy (non-hydrogen) atoms. The van der Waals surface area contributed by atoms with Crippen molar-refractivity contribution < 1.29 is 4.39 Å². The highest BCUT2D eigenvalue weighted by molar-refractivity contribution is 6.42. The highest BCUT2D eigenvalue weighted by Gasteiger charge is 2.31. The molecule has 112 valence electrons. The van der Waals surface area contributed by atoms with E-state index in [0.29, 0.717) is 10.0 Å². The summed E-state index contributed by atoms with van der Waals surface area (Å²) in [7, 11) is 1.90. The summed E-state index contributed by atoms with van der Waals surface area (Å²) in [6, 6.07) is 12.3. The zero-order chi connectivity index (χ0) is 15.6. The maximum Gasteiger partial charge on any atom is 0.123 e. The van der Waals surface area contributed by atoms with E-state index >= 15 is 0 Å². The third-order valence-electron chi connectivity index (χ3n) is 3.88. The average molecular weight is 326 g/mol. The van der Waals surface area contributed by atoms with Gasteiger partial charge in [-0.2, -0.15) is 0 Å². The summed E-state index contributed by atoms with van der Waals surface area (Å²) in [5.41, 5.74) is 1.86. The molecule has 0 aliphatic heterocycles. The molecule has 2 rings (SSSR count). The van der Waals surface area contributed by atoms with E-state index in [-0.39, 0.29) is 17.3 Å². The predicted octanol–water partition coefficient (Wildman–Crippen LogP) is 5.37. The minimum Gasteiger partial charge on any atom is -0.312 e. The van der Waals surface area contributed by atoms with Crippen LogP contribution in [0.25, 0.3) is 0 Å². The monoisotopic (exact) mass is 325 g/mol. The van der Waals surface area contributed by atoms with E-state index in [2.05, 4.69) is 19.2 Å². The molecule has 1 N–H and O–H groups in total. The molecule has 0 aliphatic rings. The van der Waals surface area contributed by atoms with Gasteiger partial charge in [0.15, 0.2) is 0 Å². The van der Waals surface area contributed by atoms with Crippen molar-refractivity contribution in [3.8, 4) is 0 Å². The van der Waals surface area contributed by atoms with E-state index in [0.717, 1.165) is 11.1 Å². The van der Waals surface area contributed by atoms with E-state index in [4.69, 9.17) is 23.2 Å². The molecule has 0 aliphatic carbocycles. The van der Waals surface area contributed by atoms with Gasteiger partial charge in [0, 0.05) is 11.5 Å². The van der Waals surface area contributed by atoms with Gasteiger partial charge in [0.1, 0.15) is 5.82 Å². The van der Waals surface area contributed by atoms with Gasteiger partial charge in [-0.25, -0.2) is 4.39 Å². The second kappa shape index (κ2) is 6.35. The molecule has 2 aromatic carbocycles. The first-order chi connectivity index (χ1) is 9.86. The summed E-state index contributed by atoms with van der Waals surface area (Å²) >= 11 is 12.1. The highest BCUT2D eigenvalue weighted by atomic mass is 35.5. The van der Waals surface area contributed by atoms with Crippen LogP contribution in [0.3, 0.4) is 0 Å². The van der Waals surface area contributed by atoms with Crippen LogP contribution in [0, 0.1) is 5.82 Å². The van der Waals surface area contributed by atoms with Crippen LogP contribution in [0.2, 0.25) is 10.0 Å². The van der Waals surface area contributed by atoms with Crippen molar-refractivity contribution in [2.75, 3.05) is 7.05 Å². The van der Waals surface area contributed by atoms with Crippen molar-refractivity contribution in [2.24, 2.45) is 0 Å². The molecule has 0 saturated heterocycles. The fourth-order valence-electron chi connectivity index (χ4n) is 2.68. The van der Waals surface area contributed by atoms with Crippen LogP contribution >= 0.6 is 23.2 Å². The molecule has 0 spiro atoms. The van der Waals surface area contributed by atoms with Gasteiger partial charge in [-0.1, -0.05) is 55.2 Å². The van der Waals surface area contributed by atoms with E-state index in [1.807, 2.05) is 31.3 Å². The Hall–Kier alpha value is -1.09. The van der Waals surface area contributed by atoms with Crippen LogP contribution in [0.5, 0.6) is 0 Å². The Kier molecular flexibility index (Phi) is 4.92. The van der Waals surface area contributed by atoms with Crippen LogP contribution in [0.1, 0.15) is 31.0 Å². The number of benzene rings is 2. The Morgan fingerprint density at radius 3 is 2.14 bits per heavy atom. The average Bonchev–Trinajstić information content (AvgIpc) is 2.44. The first-order valence-corrected chi connectivity index (χ1v) is 7.50. The molecule has 0 aromatic heterocycles. The van der Waals surface area contributed by atoms with Gasteiger partial charge in [0.2, 0.25) is 0 Å². The van der Waals surface area contributed by atoms with E-state index in [9.17, 15) is 4.39 Å². The van der Waals surface area contributed by atoms with Gasteiger partial charge >= 0.3 is 0 Å². The predicted molar refractivity (Wildman–Crippen MR) is 87.7 cm³/mol. The highest BCUT2D eigenvalue weighted by Crippen LogP contribution is 2.38. The Morgan fingerprint density at radius 1 is 1.00 bits per heavy atom. The normalized spacial score (nSPS) is 13.2. The van der Waals surface area contributed by atoms with Crippen molar-refractivity contribution in [3.05, 3.63) is 69.5 Å². The first kappa shape index (κ1) is 16.3. The minimum atomic E-state index is -0.236. The molecule has 1 atom stereocenters. The number of rotatable bonds is 4. The van der Waals surface area contributed by atoms with Crippen molar-refractivity contribution in [3.63, 3.8) is 0 Å². The standard InChI is InChI=1S/C17H18Cl2FN/c1-17(2,12-5-7-13(20)8-6-12)16(21-3)11-4-9-14(18)15(19)10-11/h4-10,16,21H,1-3H3. The van der Waals surface area contributed by atoms with E-state index in [1.54, 1.807) is 6.07 Å². The van der Waals surface area contributed by atoms with Crippen molar-refractivity contribution in [1.82, 2.24) is 5.32 Å². The van der Waals surface area contributed by atoms with E-state index in [1.165, 1.54) is 12.1 Å². The largest absolute Gasteiger partial charge is 0.312 e. The molecule has 0 amide bonds. The molecular formula is C17H18Cl2FN. The first-order valence-electron chi connectivity index (χ1n) is 6.74. The summed E-state index contributed by atoms with van der Waals surface area (Å²) in [6.45, 7) is 4.23. The van der Waals surface area contributed by atoms with Gasteiger partial charge in [0.25, 0.3) is 0 Å². The zero-order valence-electron chi connectivity index (χ0n) is 12.3. The Balaban J connectivity index is 2.43. The third-order valence-corrected chi connectivity index (χ3v) is 4.61. The molecule has 0 radical (unpaired) electrons. The molecule has 1 unspecified atom stereocenters. The van der Waals surface area contributed by atoms with Crippen molar-refractivity contribution >= 4 is 23.2 Å². The topological polar surface area (TPSA) is 12.0 Å². The second-order valence-corrected chi connectivity index (χ2v) is 6.44. The second-order valence-electron chi connectivity index (χ2n) is 5.62. The fraction of sp³-hybridized carbons (Fsp3) is 0.294. The van der Waals surface area contributed by atoms with Crippen LogP contribution in [0.4, 0.5) is 4.39 Å². The van der Waals surface area contributed by atoms with Crippen molar-refractivity contribution in [1.29, 1.82) is 0 Å². The van der Waals surface area contributed by atoms with Gasteiger partial charge < -0.3 is 5.32 Å². The zero-order valence-corrected chi connectivity index (χ0v) is 13.8. The summed E-state index contributed by atoms with van der Waals surface area (Å²) in [6.07, 6.45) is 0. The van der Waals surface area contributed by atoms with Gasteiger partial charge in [-0.05, 0) is 42.4 Å². The Bertz CT molecular complexity index is 623. The lowest BCUT2D eigenvalue weighted by atomic mass is 9.75. The fourth-order valence-corrected chi connectivity index (χ4v) is 2.99. The van der Waals surface area contributed by atoms with Crippen LogP contribution < -0.4 is 5.32 Å². The molecule has 4 heteroatoms. The number of hydrogen-bond acceptors (Lipinski definition) is 1. The molecule has 0 saturated carbocycles. The SMILES string of the molecule is CNC(c1ccc(Cl)c(Cl)c1)C(C)(C)c1ccc(F)cc1. The summed E-state index contributed by atoms with van der Waals surface area (Å²) < 4.78 is 13.1. The quantitative estimate of drug-likeness (QED) is 0.796. The minimum absolute atomic E-state index is 0.0257. The summed E-state index contributed by atoms with van der Waals surface area (Å²) in [5.74, 6) is -0.231. The van der Waals surface area contributed by atoms with Crippen molar-refractivity contribution in [2.45, 2.75) is 25.3 Å². The summed E-state index contributed by atoms with van der Waals surface area (Å²) in [4.78, 5) is 0. The molecule has 2 aromatic rings. The molecule has 1 nitrogen and oxygen atoms in total. The van der Waals surface area contributed by atoms with Crippen LogP contribution in [-0.2, 0) is 5.41 Å². The van der Waals surface area contributed by atoms with Crippen LogP contribution in [-0.4, -0.2) is 7.05 Å². The number of nitrogens with one attached hydrogen (secondary N) is 1. The Labute approximate surface area is 135 Å².